The van der Waals surface area contributed by atoms with Crippen LogP contribution in [0.15, 0.2) is 57.6 Å². The molecule has 12 nitrogen and oxygen atoms in total. The van der Waals surface area contributed by atoms with Crippen LogP contribution >= 0.6 is 0 Å². The molecule has 0 spiro atoms. The number of halogens is 6. The van der Waals surface area contributed by atoms with Gasteiger partial charge in [-0.05, 0) is 25.3 Å². The van der Waals surface area contributed by atoms with Gasteiger partial charge in [-0.2, -0.15) is 31.3 Å². The first-order valence-electron chi connectivity index (χ1n) is 14.3. The zero-order valence-corrected chi connectivity index (χ0v) is 24.5. The highest BCUT2D eigenvalue weighted by atomic mass is 19.4. The van der Waals surface area contributed by atoms with Crippen LogP contribution in [0.1, 0.15) is 42.9 Å². The molecule has 0 saturated heterocycles. The lowest BCUT2D eigenvalue weighted by Crippen LogP contribution is -2.49. The van der Waals surface area contributed by atoms with E-state index in [4.69, 9.17) is 23.7 Å². The second-order valence-corrected chi connectivity index (χ2v) is 11.0. The molecule has 1 saturated carbocycles. The van der Waals surface area contributed by atoms with E-state index in [0.717, 1.165) is 12.8 Å². The Balaban J connectivity index is 0.000000582. The van der Waals surface area contributed by atoms with Crippen molar-refractivity contribution in [1.82, 2.24) is 20.6 Å². The highest BCUT2D eigenvalue weighted by molar-refractivity contribution is 5.73. The Morgan fingerprint density at radius 1 is 0.917 bits per heavy atom. The first kappa shape index (κ1) is 34.4. The number of nitrogens with zero attached hydrogens (tertiary/aromatic N) is 3. The Labute approximate surface area is 266 Å². The predicted molar refractivity (Wildman–Crippen MR) is 150 cm³/mol. The van der Waals surface area contributed by atoms with Gasteiger partial charge in [-0.15, -0.1) is 0 Å². The molecule has 48 heavy (non-hydrogen) atoms. The van der Waals surface area contributed by atoms with Gasteiger partial charge in [-0.1, -0.05) is 59.2 Å². The fraction of sp³-hybridized carbons (Fsp3) is 0.367. The summed E-state index contributed by atoms with van der Waals surface area (Å²) < 4.78 is 89.9. The van der Waals surface area contributed by atoms with Crippen LogP contribution in [0.5, 0.6) is 5.75 Å². The minimum absolute atomic E-state index is 0.00570. The van der Waals surface area contributed by atoms with Gasteiger partial charge in [0.2, 0.25) is 11.6 Å². The lowest BCUT2D eigenvalue weighted by molar-refractivity contribution is -0.192. The van der Waals surface area contributed by atoms with Crippen molar-refractivity contribution in [1.29, 1.82) is 0 Å². The first-order valence-corrected chi connectivity index (χ1v) is 14.3. The minimum atomic E-state index is -5.08. The highest BCUT2D eigenvalue weighted by Crippen LogP contribution is 2.43. The van der Waals surface area contributed by atoms with E-state index in [-0.39, 0.29) is 29.7 Å². The molecule has 256 valence electrons. The number of aliphatic carboxylic acids is 2. The number of ether oxygens (including phenoxy) is 1. The van der Waals surface area contributed by atoms with Gasteiger partial charge in [0, 0.05) is 22.7 Å². The molecule has 0 amide bonds. The topological polar surface area (TPSA) is 181 Å². The molecular formula is C30H26F6N4O8. The number of aliphatic hydroxyl groups is 1. The Kier molecular flexibility index (Phi) is 9.76. The molecule has 2 aromatic carbocycles. The normalized spacial score (nSPS) is 21.0. The Morgan fingerprint density at radius 2 is 1.62 bits per heavy atom. The largest absolute Gasteiger partial charge is 0.491 e. The Hall–Kier alpha value is -4.97. The van der Waals surface area contributed by atoms with E-state index in [9.17, 15) is 41.4 Å². The molecule has 1 fully saturated rings. The van der Waals surface area contributed by atoms with E-state index in [1.165, 1.54) is 12.1 Å². The predicted octanol–water partition coefficient (Wildman–Crippen LogP) is 5.74. The van der Waals surface area contributed by atoms with Gasteiger partial charge in [0.15, 0.2) is 0 Å². The van der Waals surface area contributed by atoms with E-state index in [0.29, 0.717) is 29.7 Å². The number of benzene rings is 2. The number of nitrogens with one attached hydrogen (secondary N) is 1. The van der Waals surface area contributed by atoms with E-state index in [2.05, 4.69) is 20.6 Å². The lowest BCUT2D eigenvalue weighted by Gasteiger charge is -2.36. The summed E-state index contributed by atoms with van der Waals surface area (Å²) >= 11 is 0. The fourth-order valence-corrected chi connectivity index (χ4v) is 5.46. The molecule has 2 aromatic heterocycles. The van der Waals surface area contributed by atoms with Crippen LogP contribution in [0.3, 0.4) is 0 Å². The van der Waals surface area contributed by atoms with Crippen molar-refractivity contribution in [3.05, 3.63) is 59.7 Å². The molecule has 1 aliphatic heterocycles. The number of carboxylic acid groups (broad SMARTS) is 2. The number of hydrogen-bond acceptors (Lipinski definition) is 10. The third-order valence-corrected chi connectivity index (χ3v) is 7.75. The van der Waals surface area contributed by atoms with Crippen LogP contribution in [0.25, 0.3) is 34.3 Å². The fourth-order valence-electron chi connectivity index (χ4n) is 5.46. The van der Waals surface area contributed by atoms with E-state index in [1.54, 1.807) is 36.4 Å². The van der Waals surface area contributed by atoms with Gasteiger partial charge in [0.05, 0.1) is 12.0 Å². The summed E-state index contributed by atoms with van der Waals surface area (Å²) in [4.78, 5) is 24.4. The molecule has 0 unspecified atom stereocenters. The molecule has 4 aromatic rings. The second-order valence-electron chi connectivity index (χ2n) is 11.0. The molecular weight excluding hydrogens is 658 g/mol. The quantitative estimate of drug-likeness (QED) is 0.181. The van der Waals surface area contributed by atoms with Crippen LogP contribution in [0.4, 0.5) is 26.3 Å². The van der Waals surface area contributed by atoms with Crippen LogP contribution in [0.2, 0.25) is 0 Å². The van der Waals surface area contributed by atoms with E-state index in [1.807, 2.05) is 0 Å². The standard InChI is InChI=1S/C28H25F3N4O6.C2HF3O2/c29-28(30,31)21-22(14-5-2-1-3-6-14)34-40-24(21)26-33-25(35-41-26)15-9-10-18-20(12-15)39-13-19(23(18)36)32-17-8-4-7-16(11-17)27(37)38;3-2(4,5)1(6)7/h1-3,5-6,9-10,12,16-17,19,23,32,36H,4,7-8,11,13H2,(H,37,38);(H,6,7)/t16-,17+,19-,23+;/m0./s1. The molecule has 6 rings (SSSR count). The van der Waals surface area contributed by atoms with Crippen LogP contribution in [-0.4, -0.2) is 67.4 Å². The Bertz CT molecular complexity index is 1760. The molecule has 3 heterocycles. The number of aliphatic hydroxyl groups excluding tert-OH is 1. The van der Waals surface area contributed by atoms with Gasteiger partial charge in [-0.3, -0.25) is 4.79 Å². The van der Waals surface area contributed by atoms with Crippen molar-refractivity contribution < 1.29 is 65.0 Å². The number of hydrogen-bond donors (Lipinski definition) is 4. The van der Waals surface area contributed by atoms with Crippen molar-refractivity contribution in [2.24, 2.45) is 5.92 Å². The second kappa shape index (κ2) is 13.6. The number of rotatable bonds is 6. The first-order chi connectivity index (χ1) is 22.6. The van der Waals surface area contributed by atoms with Crippen LogP contribution in [-0.2, 0) is 15.8 Å². The number of fused-ring (bicyclic) bond motifs is 1. The summed E-state index contributed by atoms with van der Waals surface area (Å²) in [5.41, 5.74) is -0.391. The number of carboxylic acids is 2. The Morgan fingerprint density at radius 3 is 2.27 bits per heavy atom. The van der Waals surface area contributed by atoms with Crippen molar-refractivity contribution in [2.45, 2.75) is 56.2 Å². The monoisotopic (exact) mass is 684 g/mol. The number of aromatic nitrogens is 3. The maximum Gasteiger partial charge on any atom is 0.490 e. The molecule has 0 radical (unpaired) electrons. The van der Waals surface area contributed by atoms with E-state index < -0.39 is 59.6 Å². The van der Waals surface area contributed by atoms with Gasteiger partial charge in [-0.25, -0.2) is 4.79 Å². The molecule has 18 heteroatoms. The van der Waals surface area contributed by atoms with Gasteiger partial charge >= 0.3 is 24.3 Å². The smallest absolute Gasteiger partial charge is 0.490 e. The van der Waals surface area contributed by atoms with Gasteiger partial charge in [0.1, 0.15) is 29.7 Å². The van der Waals surface area contributed by atoms with Crippen molar-refractivity contribution >= 4 is 11.9 Å². The molecule has 2 aliphatic rings. The van der Waals surface area contributed by atoms with Crippen LogP contribution in [0, 0.1) is 5.92 Å². The van der Waals surface area contributed by atoms with Crippen molar-refractivity contribution in [3.8, 4) is 40.0 Å². The summed E-state index contributed by atoms with van der Waals surface area (Å²) in [6.45, 7) is 0.138. The lowest BCUT2D eigenvalue weighted by atomic mass is 9.85. The zero-order chi connectivity index (χ0) is 34.8. The summed E-state index contributed by atoms with van der Waals surface area (Å²) in [5.74, 6) is -4.80. The van der Waals surface area contributed by atoms with Gasteiger partial charge in [0.25, 0.3) is 5.89 Å². The summed E-state index contributed by atoms with van der Waals surface area (Å²) in [5, 5.41) is 38.3. The van der Waals surface area contributed by atoms with Gasteiger partial charge < -0.3 is 34.4 Å². The van der Waals surface area contributed by atoms with E-state index >= 15 is 0 Å². The molecule has 4 atom stereocenters. The zero-order valence-electron chi connectivity index (χ0n) is 24.5. The molecule has 0 bridgehead atoms. The van der Waals surface area contributed by atoms with Crippen molar-refractivity contribution in [2.75, 3.05) is 6.61 Å². The molecule has 1 aliphatic carbocycles. The highest BCUT2D eigenvalue weighted by Gasteiger charge is 2.43. The third-order valence-electron chi connectivity index (χ3n) is 7.75. The summed E-state index contributed by atoms with van der Waals surface area (Å²) in [7, 11) is 0. The SMILES string of the molecule is O=C(O)C(F)(F)F.O=C(O)[C@H]1CCC[C@@H](N[C@H]2COc3cc(-c4noc(-c5onc(-c6ccccc6)c5C(F)(F)F)n4)ccc3[C@H]2O)C1. The average Bonchev–Trinajstić information content (AvgIpc) is 3.71. The minimum Gasteiger partial charge on any atom is -0.491 e. The number of carbonyl (C=O) groups is 2. The van der Waals surface area contributed by atoms with Crippen LogP contribution < -0.4 is 10.1 Å². The summed E-state index contributed by atoms with van der Waals surface area (Å²) in [6, 6.07) is 12.1. The third kappa shape index (κ3) is 7.60. The average molecular weight is 685 g/mol. The summed E-state index contributed by atoms with van der Waals surface area (Å²) in [6.07, 6.45) is -8.08. The molecule has 4 N–H and O–H groups in total. The maximum atomic E-state index is 14.0. The number of alkyl halides is 6. The maximum absolute atomic E-state index is 14.0. The van der Waals surface area contributed by atoms with Crippen molar-refractivity contribution in [3.63, 3.8) is 0 Å².